The number of fused-ring (bicyclic) bond motifs is 1. The minimum Gasteiger partial charge on any atom is -0.392 e. The van der Waals surface area contributed by atoms with Crippen molar-refractivity contribution in [2.75, 3.05) is 13.6 Å². The Hall–Kier alpha value is -3.46. The number of carbonyl (C=O) groups excluding carboxylic acids is 1. The lowest BCUT2D eigenvalue weighted by Crippen LogP contribution is -2.44. The first-order chi connectivity index (χ1) is 24.0. The van der Waals surface area contributed by atoms with Crippen molar-refractivity contribution in [1.29, 1.82) is 0 Å². The number of nitrogens with one attached hydrogen (secondary N) is 1. The quantitative estimate of drug-likeness (QED) is 0.140. The lowest BCUT2D eigenvalue weighted by atomic mass is 9.89. The molecule has 5 unspecified atom stereocenters. The van der Waals surface area contributed by atoms with Crippen molar-refractivity contribution < 1.29 is 19.4 Å². The van der Waals surface area contributed by atoms with Crippen molar-refractivity contribution in [3.8, 4) is 11.1 Å². The molecule has 0 spiro atoms. The van der Waals surface area contributed by atoms with Crippen molar-refractivity contribution in [2.24, 2.45) is 5.92 Å². The fraction of sp³-hybridized carbons (Fsp3) is 0.293. The number of hydrogen-bond acceptors (Lipinski definition) is 5. The maximum absolute atomic E-state index is 12.0. The minimum absolute atomic E-state index is 0.00791. The maximum atomic E-state index is 12.0. The fourth-order valence-corrected chi connectivity index (χ4v) is 6.67. The molecule has 1 fully saturated rings. The Morgan fingerprint density at radius 2 is 1.52 bits per heavy atom. The lowest BCUT2D eigenvalue weighted by Gasteiger charge is -2.43. The summed E-state index contributed by atoms with van der Waals surface area (Å²) in [6.45, 7) is 5.35. The zero-order valence-electron chi connectivity index (χ0n) is 28.2. The zero-order valence-corrected chi connectivity index (χ0v) is 30.5. The second kappa shape index (κ2) is 15.8. The van der Waals surface area contributed by atoms with Crippen LogP contribution in [0, 0.1) is 5.92 Å². The van der Waals surface area contributed by atoms with E-state index in [0.717, 1.165) is 33.4 Å². The molecular weight excluding hydrogens is 691 g/mol. The molecule has 6 nitrogen and oxygen atoms in total. The number of nitrogens with zero attached hydrogens (tertiary/aromatic N) is 1. The predicted molar refractivity (Wildman–Crippen MR) is 202 cm³/mol. The number of amides is 1. The van der Waals surface area contributed by atoms with Crippen LogP contribution in [0.1, 0.15) is 60.1 Å². The first kappa shape index (κ1) is 36.3. The number of aliphatic hydroxyl groups excluding tert-OH is 1. The van der Waals surface area contributed by atoms with Crippen LogP contribution in [0.2, 0.25) is 0 Å². The third kappa shape index (κ3) is 8.52. The molecule has 0 saturated carbocycles. The molecule has 1 heterocycles. The molecule has 5 aromatic carbocycles. The highest BCUT2D eigenvalue weighted by atomic mass is 35.6. The summed E-state index contributed by atoms with van der Waals surface area (Å²) < 4.78 is 11.5. The number of aliphatic hydroxyl groups is 1. The van der Waals surface area contributed by atoms with Gasteiger partial charge in [0.15, 0.2) is 6.29 Å². The second-order valence-corrected chi connectivity index (χ2v) is 15.3. The van der Waals surface area contributed by atoms with Crippen molar-refractivity contribution in [3.63, 3.8) is 0 Å². The summed E-state index contributed by atoms with van der Waals surface area (Å²) in [4.78, 5) is 14.4. The van der Waals surface area contributed by atoms with E-state index in [2.05, 4.69) is 73.6 Å². The van der Waals surface area contributed by atoms with Gasteiger partial charge in [-0.05, 0) is 70.3 Å². The average molecular weight is 732 g/mol. The molecule has 1 saturated heterocycles. The van der Waals surface area contributed by atoms with Gasteiger partial charge in [0.2, 0.25) is 0 Å². The van der Waals surface area contributed by atoms with Crippen LogP contribution in [0.3, 0.4) is 0 Å². The summed E-state index contributed by atoms with van der Waals surface area (Å²) in [5, 5.41) is 14.8. The highest BCUT2D eigenvalue weighted by molar-refractivity contribution is 6.76. The SMILES string of the molecule is CC1C(CN(C)C(C)c2ccc3ccccc3c2)OC(c2ccc(-c3cccc(CNC(=O)C(Cl)(Cl)Cl)c3)cc2)OC1c1ccc(CO)cc1. The molecule has 0 bridgehead atoms. The van der Waals surface area contributed by atoms with Gasteiger partial charge in [-0.2, -0.15) is 0 Å². The highest BCUT2D eigenvalue weighted by Crippen LogP contribution is 2.42. The molecule has 0 radical (unpaired) electrons. The van der Waals surface area contributed by atoms with E-state index in [4.69, 9.17) is 44.3 Å². The highest BCUT2D eigenvalue weighted by Gasteiger charge is 2.39. The number of alkyl halides is 3. The number of rotatable bonds is 10. The Labute approximate surface area is 308 Å². The van der Waals surface area contributed by atoms with Gasteiger partial charge in [0.1, 0.15) is 0 Å². The fourth-order valence-electron chi connectivity index (χ4n) is 6.47. The summed E-state index contributed by atoms with van der Waals surface area (Å²) in [5.74, 6) is -0.615. The van der Waals surface area contributed by atoms with E-state index < -0.39 is 16.0 Å². The van der Waals surface area contributed by atoms with E-state index in [1.165, 1.54) is 16.3 Å². The summed E-state index contributed by atoms with van der Waals surface area (Å²) in [7, 11) is 2.15. The van der Waals surface area contributed by atoms with E-state index in [9.17, 15) is 9.90 Å². The van der Waals surface area contributed by atoms with Gasteiger partial charge in [-0.3, -0.25) is 9.69 Å². The molecule has 1 aliphatic heterocycles. The van der Waals surface area contributed by atoms with Gasteiger partial charge in [-0.1, -0.05) is 145 Å². The maximum Gasteiger partial charge on any atom is 0.272 e. The lowest BCUT2D eigenvalue weighted by molar-refractivity contribution is -0.276. The predicted octanol–water partition coefficient (Wildman–Crippen LogP) is 9.47. The molecule has 50 heavy (non-hydrogen) atoms. The summed E-state index contributed by atoms with van der Waals surface area (Å²) in [6.07, 6.45) is -0.917. The van der Waals surface area contributed by atoms with Gasteiger partial charge in [0, 0.05) is 30.6 Å². The Bertz CT molecular complexity index is 1910. The summed E-state index contributed by atoms with van der Waals surface area (Å²) >= 11 is 17.1. The second-order valence-electron chi connectivity index (χ2n) is 13.0. The van der Waals surface area contributed by atoms with Crippen LogP contribution >= 0.6 is 34.8 Å². The van der Waals surface area contributed by atoms with Crippen molar-refractivity contribution >= 4 is 51.5 Å². The van der Waals surface area contributed by atoms with Crippen LogP contribution in [0.25, 0.3) is 21.9 Å². The first-order valence-corrected chi connectivity index (χ1v) is 17.9. The van der Waals surface area contributed by atoms with Crippen LogP contribution in [-0.2, 0) is 27.4 Å². The number of carbonyl (C=O) groups is 1. The third-order valence-corrected chi connectivity index (χ3v) is 10.2. The largest absolute Gasteiger partial charge is 0.392 e. The van der Waals surface area contributed by atoms with Crippen LogP contribution < -0.4 is 5.32 Å². The van der Waals surface area contributed by atoms with E-state index in [1.54, 1.807) is 0 Å². The van der Waals surface area contributed by atoms with Gasteiger partial charge in [0.25, 0.3) is 9.70 Å². The van der Waals surface area contributed by atoms with Crippen LogP contribution in [0.15, 0.2) is 115 Å². The smallest absolute Gasteiger partial charge is 0.272 e. The van der Waals surface area contributed by atoms with Gasteiger partial charge < -0.3 is 19.9 Å². The topological polar surface area (TPSA) is 71.0 Å². The monoisotopic (exact) mass is 730 g/mol. The third-order valence-electron chi connectivity index (χ3n) is 9.66. The van der Waals surface area contributed by atoms with Crippen molar-refractivity contribution in [2.45, 2.75) is 55.3 Å². The summed E-state index contributed by atoms with van der Waals surface area (Å²) in [5.41, 5.74) is 6.95. The van der Waals surface area contributed by atoms with Gasteiger partial charge in [0.05, 0.1) is 18.8 Å². The van der Waals surface area contributed by atoms with Gasteiger partial charge in [-0.25, -0.2) is 0 Å². The molecule has 260 valence electrons. The van der Waals surface area contributed by atoms with Gasteiger partial charge in [-0.15, -0.1) is 0 Å². The van der Waals surface area contributed by atoms with E-state index in [1.807, 2.05) is 72.8 Å². The molecule has 1 amide bonds. The standard InChI is InChI=1S/C41H41Cl3N2O4/c1-26-37(24-46(3)27(2)34-20-17-30-8-4-5-9-36(30)22-34)49-39(50-38(26)32-13-11-28(25-47)12-14-32)33-18-15-31(16-19-33)35-10-6-7-29(21-35)23-45-40(48)41(42,43)44/h4-22,26-27,37-39,47H,23-25H2,1-3H3,(H,45,48). The zero-order chi connectivity index (χ0) is 35.4. The van der Waals surface area contributed by atoms with E-state index in [0.29, 0.717) is 6.54 Å². The Balaban J connectivity index is 1.22. The molecule has 0 aliphatic carbocycles. The molecule has 6 rings (SSSR count). The Morgan fingerprint density at radius 3 is 2.22 bits per heavy atom. The molecule has 0 aromatic heterocycles. The molecule has 5 aromatic rings. The molecule has 9 heteroatoms. The van der Waals surface area contributed by atoms with Gasteiger partial charge >= 0.3 is 0 Å². The molecule has 2 N–H and O–H groups in total. The van der Waals surface area contributed by atoms with Crippen LogP contribution in [0.5, 0.6) is 0 Å². The van der Waals surface area contributed by atoms with Crippen LogP contribution in [-0.4, -0.2) is 39.4 Å². The molecule has 1 aliphatic rings. The van der Waals surface area contributed by atoms with E-state index in [-0.39, 0.29) is 37.3 Å². The first-order valence-electron chi connectivity index (χ1n) is 16.7. The molecular formula is C41H41Cl3N2O4. The number of hydrogen-bond donors (Lipinski definition) is 2. The van der Waals surface area contributed by atoms with Crippen molar-refractivity contribution in [3.05, 3.63) is 143 Å². The minimum atomic E-state index is -2.01. The Kier molecular flexibility index (Phi) is 11.5. The van der Waals surface area contributed by atoms with Crippen LogP contribution in [0.4, 0.5) is 0 Å². The number of ether oxygens (including phenoxy) is 2. The summed E-state index contributed by atoms with van der Waals surface area (Å²) in [6, 6.07) is 39.3. The van der Waals surface area contributed by atoms with E-state index >= 15 is 0 Å². The Morgan fingerprint density at radius 1 is 0.820 bits per heavy atom. The van der Waals surface area contributed by atoms with Crippen molar-refractivity contribution in [1.82, 2.24) is 10.2 Å². The normalized spacial score (nSPS) is 20.2. The molecule has 5 atom stereocenters. The number of benzene rings is 5. The number of likely N-dealkylation sites (N-methyl/N-ethyl adjacent to an activating group) is 1. The number of halogens is 3. The average Bonchev–Trinajstić information content (AvgIpc) is 3.14.